The minimum atomic E-state index is -4.68. The van der Waals surface area contributed by atoms with E-state index in [9.17, 15) is 22.8 Å². The Labute approximate surface area is 169 Å². The van der Waals surface area contributed by atoms with Crippen molar-refractivity contribution < 1.29 is 27.5 Å². The topological polar surface area (TPSA) is 93.2 Å². The lowest BCUT2D eigenvalue weighted by atomic mass is 10.2. The van der Waals surface area contributed by atoms with Gasteiger partial charge in [0.2, 0.25) is 11.8 Å². The molecule has 0 aliphatic carbocycles. The minimum Gasteiger partial charge on any atom is -0.475 e. The molecule has 0 unspecified atom stereocenters. The van der Waals surface area contributed by atoms with Crippen LogP contribution in [-0.2, 0) is 11.0 Å². The number of rotatable bonds is 7. The smallest absolute Gasteiger partial charge is 0.421 e. The summed E-state index contributed by atoms with van der Waals surface area (Å²) in [6, 6.07) is 3.63. The van der Waals surface area contributed by atoms with E-state index in [0.29, 0.717) is 11.8 Å². The van der Waals surface area contributed by atoms with Gasteiger partial charge >= 0.3 is 6.18 Å². The fraction of sp³-hybridized carbons (Fsp3) is 0.333. The van der Waals surface area contributed by atoms with Crippen molar-refractivity contribution in [1.82, 2.24) is 15.3 Å². The quantitative estimate of drug-likeness (QED) is 0.654. The van der Waals surface area contributed by atoms with Crippen LogP contribution >= 0.6 is 11.6 Å². The lowest BCUT2D eigenvalue weighted by Crippen LogP contribution is -2.28. The van der Waals surface area contributed by atoms with Crippen molar-refractivity contribution in [2.45, 2.75) is 26.4 Å². The van der Waals surface area contributed by atoms with Crippen molar-refractivity contribution in [2.24, 2.45) is 0 Å². The van der Waals surface area contributed by atoms with E-state index in [4.69, 9.17) is 16.3 Å². The third kappa shape index (κ3) is 6.60. The number of halogens is 4. The predicted molar refractivity (Wildman–Crippen MR) is 100.0 cm³/mol. The molecule has 2 aromatic rings. The molecule has 156 valence electrons. The minimum absolute atomic E-state index is 0.0710. The largest absolute Gasteiger partial charge is 0.475 e. The van der Waals surface area contributed by atoms with Crippen LogP contribution in [0.15, 0.2) is 24.4 Å². The summed E-state index contributed by atoms with van der Waals surface area (Å²) in [6.07, 6.45) is -3.38. The van der Waals surface area contributed by atoms with Crippen molar-refractivity contribution in [3.8, 4) is 5.88 Å². The first-order valence-corrected chi connectivity index (χ1v) is 8.90. The number of alkyl halides is 3. The van der Waals surface area contributed by atoms with Crippen LogP contribution in [0.3, 0.4) is 0 Å². The summed E-state index contributed by atoms with van der Waals surface area (Å²) in [7, 11) is 0. The average Bonchev–Trinajstić information content (AvgIpc) is 2.64. The molecule has 0 aliphatic rings. The highest BCUT2D eigenvalue weighted by Gasteiger charge is 2.35. The molecule has 0 fully saturated rings. The Hall–Kier alpha value is -2.88. The molecule has 2 heterocycles. The number of hydrogen-bond acceptors (Lipinski definition) is 5. The van der Waals surface area contributed by atoms with E-state index >= 15 is 0 Å². The molecule has 0 aromatic carbocycles. The van der Waals surface area contributed by atoms with Gasteiger partial charge in [-0.3, -0.25) is 9.59 Å². The maximum atomic E-state index is 13.0. The molecule has 0 aliphatic heterocycles. The van der Waals surface area contributed by atoms with Gasteiger partial charge in [0.05, 0.1) is 11.6 Å². The second-order valence-electron chi connectivity index (χ2n) is 5.89. The molecule has 2 aromatic heterocycles. The number of pyridine rings is 2. The zero-order chi connectivity index (χ0) is 21.6. The Morgan fingerprint density at radius 3 is 2.62 bits per heavy atom. The molecule has 2 rings (SSSR count). The number of ether oxygens (including phenoxy) is 1. The predicted octanol–water partition coefficient (Wildman–Crippen LogP) is 3.61. The Kier molecular flexibility index (Phi) is 7.38. The number of anilines is 1. The number of carbonyl (C=O) groups excluding carboxylic acids is 2. The van der Waals surface area contributed by atoms with E-state index in [1.165, 1.54) is 12.1 Å². The third-order valence-corrected chi connectivity index (χ3v) is 3.76. The number of carbonyl (C=O) groups is 2. The first kappa shape index (κ1) is 22.4. The molecule has 0 bridgehead atoms. The standard InChI is InChI=1S/C18H18ClF3N4O3/c1-3-15(27)26-14-7-11(6-10(2)25-14)16(28)23-4-5-29-17-13(18(20,21)22)8-12(19)9-24-17/h6-9H,3-5H2,1-2H3,(H,23,28)(H,25,26,27). The zero-order valence-electron chi connectivity index (χ0n) is 15.6. The van der Waals surface area contributed by atoms with Gasteiger partial charge in [-0.2, -0.15) is 13.2 Å². The van der Waals surface area contributed by atoms with Crippen molar-refractivity contribution in [3.63, 3.8) is 0 Å². The van der Waals surface area contributed by atoms with Crippen LogP contribution in [0.2, 0.25) is 5.02 Å². The maximum Gasteiger partial charge on any atom is 0.421 e. The molecule has 0 spiro atoms. The van der Waals surface area contributed by atoms with Gasteiger partial charge < -0.3 is 15.4 Å². The third-order valence-electron chi connectivity index (χ3n) is 3.55. The number of nitrogens with one attached hydrogen (secondary N) is 2. The van der Waals surface area contributed by atoms with Gasteiger partial charge in [-0.05, 0) is 25.1 Å². The van der Waals surface area contributed by atoms with Gasteiger partial charge in [-0.15, -0.1) is 0 Å². The molecule has 11 heteroatoms. The van der Waals surface area contributed by atoms with E-state index in [2.05, 4.69) is 20.6 Å². The molecule has 0 atom stereocenters. The van der Waals surface area contributed by atoms with Crippen molar-refractivity contribution in [1.29, 1.82) is 0 Å². The summed E-state index contributed by atoms with van der Waals surface area (Å²) in [6.45, 7) is 3.02. The van der Waals surface area contributed by atoms with Crippen LogP contribution < -0.4 is 15.4 Å². The summed E-state index contributed by atoms with van der Waals surface area (Å²) in [5.41, 5.74) is -0.345. The summed E-state index contributed by atoms with van der Waals surface area (Å²) in [5, 5.41) is 4.91. The molecule has 0 saturated heterocycles. The van der Waals surface area contributed by atoms with Gasteiger partial charge in [0.1, 0.15) is 18.0 Å². The van der Waals surface area contributed by atoms with Crippen molar-refractivity contribution >= 4 is 29.2 Å². The highest BCUT2D eigenvalue weighted by atomic mass is 35.5. The molecule has 0 radical (unpaired) electrons. The Morgan fingerprint density at radius 2 is 1.97 bits per heavy atom. The first-order chi connectivity index (χ1) is 13.6. The Morgan fingerprint density at radius 1 is 1.24 bits per heavy atom. The summed E-state index contributed by atoms with van der Waals surface area (Å²) in [4.78, 5) is 31.4. The normalized spacial score (nSPS) is 11.1. The highest BCUT2D eigenvalue weighted by Crippen LogP contribution is 2.36. The maximum absolute atomic E-state index is 13.0. The van der Waals surface area contributed by atoms with Gasteiger partial charge in [0.25, 0.3) is 5.91 Å². The fourth-order valence-electron chi connectivity index (χ4n) is 2.25. The number of nitrogens with zero attached hydrogens (tertiary/aromatic N) is 2. The van der Waals surface area contributed by atoms with Crippen LogP contribution in [-0.4, -0.2) is 34.9 Å². The molecular weight excluding hydrogens is 413 g/mol. The molecule has 7 nitrogen and oxygen atoms in total. The fourth-order valence-corrected chi connectivity index (χ4v) is 2.41. The Balaban J connectivity index is 1.97. The van der Waals surface area contributed by atoms with E-state index < -0.39 is 23.5 Å². The second kappa shape index (κ2) is 9.55. The van der Waals surface area contributed by atoms with Crippen LogP contribution in [0, 0.1) is 6.92 Å². The highest BCUT2D eigenvalue weighted by molar-refractivity contribution is 6.30. The molecular formula is C18H18ClF3N4O3. The van der Waals surface area contributed by atoms with Crippen LogP contribution in [0.25, 0.3) is 0 Å². The number of amides is 2. The molecule has 2 N–H and O–H groups in total. The lowest BCUT2D eigenvalue weighted by Gasteiger charge is -2.13. The first-order valence-electron chi connectivity index (χ1n) is 8.52. The molecule has 29 heavy (non-hydrogen) atoms. The molecule has 0 saturated carbocycles. The summed E-state index contributed by atoms with van der Waals surface area (Å²) < 4.78 is 44.0. The van der Waals surface area contributed by atoms with E-state index in [0.717, 1.165) is 6.20 Å². The van der Waals surface area contributed by atoms with Gasteiger partial charge in [-0.25, -0.2) is 9.97 Å². The van der Waals surface area contributed by atoms with Gasteiger partial charge in [-0.1, -0.05) is 18.5 Å². The van der Waals surface area contributed by atoms with Gasteiger partial charge in [0.15, 0.2) is 0 Å². The van der Waals surface area contributed by atoms with Crippen molar-refractivity contribution in [2.75, 3.05) is 18.5 Å². The number of aromatic nitrogens is 2. The van der Waals surface area contributed by atoms with Crippen LogP contribution in [0.4, 0.5) is 19.0 Å². The number of aryl methyl sites for hydroxylation is 1. The van der Waals surface area contributed by atoms with E-state index in [-0.39, 0.29) is 41.9 Å². The number of hydrogen-bond donors (Lipinski definition) is 2. The van der Waals surface area contributed by atoms with Crippen LogP contribution in [0.1, 0.15) is 35.0 Å². The van der Waals surface area contributed by atoms with Crippen molar-refractivity contribution in [3.05, 3.63) is 46.2 Å². The second-order valence-corrected chi connectivity index (χ2v) is 6.33. The summed E-state index contributed by atoms with van der Waals surface area (Å²) >= 11 is 5.55. The average molecular weight is 431 g/mol. The lowest BCUT2D eigenvalue weighted by molar-refractivity contribution is -0.139. The Bertz CT molecular complexity index is 906. The van der Waals surface area contributed by atoms with Gasteiger partial charge in [0, 0.05) is 23.9 Å². The molecule has 2 amide bonds. The van der Waals surface area contributed by atoms with E-state index in [1.807, 2.05) is 0 Å². The zero-order valence-corrected chi connectivity index (χ0v) is 16.3. The SMILES string of the molecule is CCC(=O)Nc1cc(C(=O)NCCOc2ncc(Cl)cc2C(F)(F)F)cc(C)n1. The van der Waals surface area contributed by atoms with E-state index in [1.54, 1.807) is 13.8 Å². The monoisotopic (exact) mass is 430 g/mol. The summed E-state index contributed by atoms with van der Waals surface area (Å²) in [5.74, 6) is -1.14. The van der Waals surface area contributed by atoms with Crippen LogP contribution in [0.5, 0.6) is 5.88 Å².